The van der Waals surface area contributed by atoms with Gasteiger partial charge >= 0.3 is 5.69 Å². The van der Waals surface area contributed by atoms with Crippen molar-refractivity contribution in [2.24, 2.45) is 0 Å². The molecule has 0 aromatic carbocycles. The molecule has 0 aliphatic carbocycles. The summed E-state index contributed by atoms with van der Waals surface area (Å²) in [4.78, 5) is 20.4. The van der Waals surface area contributed by atoms with Crippen molar-refractivity contribution in [1.29, 1.82) is 0 Å². The Morgan fingerprint density at radius 3 is 2.70 bits per heavy atom. The van der Waals surface area contributed by atoms with E-state index < -0.39 is 4.92 Å². The highest BCUT2D eigenvalue weighted by Crippen LogP contribution is 2.29. The van der Waals surface area contributed by atoms with Crippen LogP contribution in [0.15, 0.2) is 0 Å². The maximum absolute atomic E-state index is 11.0. The molecule has 0 amide bonds. The van der Waals surface area contributed by atoms with E-state index in [0.717, 1.165) is 13.0 Å². The van der Waals surface area contributed by atoms with Gasteiger partial charge in [-0.2, -0.15) is 0 Å². The van der Waals surface area contributed by atoms with Crippen LogP contribution in [0.5, 0.6) is 0 Å². The lowest BCUT2D eigenvalue weighted by atomic mass is 10.4. The average Bonchev–Trinajstić information content (AvgIpc) is 2.33. The lowest BCUT2D eigenvalue weighted by Crippen LogP contribution is -2.17. The predicted octanol–water partition coefficient (Wildman–Crippen LogP) is 1.55. The van der Waals surface area contributed by atoms with E-state index >= 15 is 0 Å². The van der Waals surface area contributed by atoms with Crippen LogP contribution < -0.4 is 5.32 Å². The number of nitro groups is 1. The van der Waals surface area contributed by atoms with Crippen molar-refractivity contribution in [3.63, 3.8) is 0 Å². The van der Waals surface area contributed by atoms with Gasteiger partial charge in [0.15, 0.2) is 5.82 Å². The zero-order chi connectivity index (χ0) is 15.1. The van der Waals surface area contributed by atoms with Crippen LogP contribution in [0, 0.1) is 10.1 Å². The summed E-state index contributed by atoms with van der Waals surface area (Å²) >= 11 is 5.83. The van der Waals surface area contributed by atoms with Crippen LogP contribution in [0.1, 0.15) is 12.2 Å². The fraction of sp³-hybridized carbons (Fsp3) is 0.636. The van der Waals surface area contributed by atoms with Crippen molar-refractivity contribution < 1.29 is 9.66 Å². The number of hydrogen-bond acceptors (Lipinski definition) is 7. The highest BCUT2D eigenvalue weighted by atomic mass is 35.5. The Labute approximate surface area is 122 Å². The Hall–Kier alpha value is -1.51. The van der Waals surface area contributed by atoms with E-state index in [0.29, 0.717) is 12.4 Å². The molecule has 1 aromatic rings. The van der Waals surface area contributed by atoms with Gasteiger partial charge < -0.3 is 15.0 Å². The fourth-order valence-corrected chi connectivity index (χ4v) is 1.81. The molecular formula is C11H18ClN5O3. The molecule has 1 aromatic heterocycles. The van der Waals surface area contributed by atoms with Crippen molar-refractivity contribution in [3.8, 4) is 0 Å². The fourth-order valence-electron chi connectivity index (χ4n) is 1.55. The third-order valence-electron chi connectivity index (χ3n) is 2.42. The quantitative estimate of drug-likeness (QED) is 0.337. The molecule has 1 heterocycles. The van der Waals surface area contributed by atoms with E-state index in [2.05, 4.69) is 15.3 Å². The minimum absolute atomic E-state index is 0.126. The molecule has 1 N–H and O–H groups in total. The smallest absolute Gasteiger partial charge is 0.348 e. The van der Waals surface area contributed by atoms with E-state index in [-0.39, 0.29) is 23.3 Å². The number of methoxy groups -OCH3 is 1. The number of aromatic nitrogens is 2. The number of ether oxygens (including phenoxy) is 1. The number of halogens is 1. The van der Waals surface area contributed by atoms with Crippen LogP contribution in [0.3, 0.4) is 0 Å². The first kappa shape index (κ1) is 16.5. The summed E-state index contributed by atoms with van der Waals surface area (Å²) in [5.74, 6) is 0.430. The lowest BCUT2D eigenvalue weighted by molar-refractivity contribution is -0.384. The summed E-state index contributed by atoms with van der Waals surface area (Å²) in [5.41, 5.74) is -0.309. The Morgan fingerprint density at radius 1 is 1.45 bits per heavy atom. The van der Waals surface area contributed by atoms with Gasteiger partial charge in [0, 0.05) is 13.7 Å². The number of rotatable bonds is 8. The second kappa shape index (κ2) is 7.93. The lowest BCUT2D eigenvalue weighted by Gasteiger charge is -2.11. The van der Waals surface area contributed by atoms with Crippen LogP contribution in [-0.4, -0.2) is 54.1 Å². The molecule has 0 aliphatic heterocycles. The van der Waals surface area contributed by atoms with E-state index in [4.69, 9.17) is 16.3 Å². The van der Waals surface area contributed by atoms with Crippen LogP contribution in [-0.2, 0) is 11.3 Å². The molecule has 0 saturated carbocycles. The second-order valence-corrected chi connectivity index (χ2v) is 4.76. The van der Waals surface area contributed by atoms with E-state index in [9.17, 15) is 10.1 Å². The maximum Gasteiger partial charge on any atom is 0.348 e. The molecule has 0 aliphatic rings. The summed E-state index contributed by atoms with van der Waals surface area (Å²) < 4.78 is 4.91. The van der Waals surface area contributed by atoms with Gasteiger partial charge in [0.1, 0.15) is 6.61 Å². The standard InChI is InChI=1S/C11H18ClN5O3/c1-16(2)6-4-5-13-11-9(17(18)19)10(12)14-8(15-11)7-20-3/h4-7H2,1-3H3,(H,13,14,15). The summed E-state index contributed by atoms with van der Waals surface area (Å²) in [6.07, 6.45) is 0.825. The molecule has 0 bridgehead atoms. The number of anilines is 1. The minimum atomic E-state index is -0.590. The topological polar surface area (TPSA) is 93.4 Å². The molecule has 0 saturated heterocycles. The van der Waals surface area contributed by atoms with Crippen LogP contribution in [0.25, 0.3) is 0 Å². The molecule has 0 radical (unpaired) electrons. The zero-order valence-electron chi connectivity index (χ0n) is 11.7. The first-order valence-electron chi connectivity index (χ1n) is 6.04. The third kappa shape index (κ3) is 4.87. The molecule has 20 heavy (non-hydrogen) atoms. The summed E-state index contributed by atoms with van der Waals surface area (Å²) in [7, 11) is 5.41. The largest absolute Gasteiger partial charge is 0.377 e. The van der Waals surface area contributed by atoms with Crippen LogP contribution in [0.4, 0.5) is 11.5 Å². The Balaban J connectivity index is 2.86. The van der Waals surface area contributed by atoms with Crippen LogP contribution >= 0.6 is 11.6 Å². The molecule has 9 heteroatoms. The number of nitrogens with one attached hydrogen (secondary N) is 1. The monoisotopic (exact) mass is 303 g/mol. The van der Waals surface area contributed by atoms with Crippen molar-refractivity contribution in [3.05, 3.63) is 21.1 Å². The van der Waals surface area contributed by atoms with Crippen LogP contribution in [0.2, 0.25) is 5.15 Å². The van der Waals surface area contributed by atoms with Gasteiger partial charge in [0.2, 0.25) is 11.0 Å². The average molecular weight is 304 g/mol. The van der Waals surface area contributed by atoms with Crippen molar-refractivity contribution >= 4 is 23.1 Å². The first-order chi connectivity index (χ1) is 9.45. The van der Waals surface area contributed by atoms with E-state index in [1.54, 1.807) is 0 Å². The Kier molecular flexibility index (Phi) is 6.56. The van der Waals surface area contributed by atoms with E-state index in [1.807, 2.05) is 19.0 Å². The Morgan fingerprint density at radius 2 is 2.15 bits per heavy atom. The molecule has 112 valence electrons. The third-order valence-corrected chi connectivity index (χ3v) is 2.68. The minimum Gasteiger partial charge on any atom is -0.377 e. The predicted molar refractivity (Wildman–Crippen MR) is 76.1 cm³/mol. The molecule has 0 unspecified atom stereocenters. The molecule has 8 nitrogen and oxygen atoms in total. The molecule has 1 rings (SSSR count). The normalized spacial score (nSPS) is 10.8. The van der Waals surface area contributed by atoms with Gasteiger partial charge in [0.05, 0.1) is 4.92 Å². The van der Waals surface area contributed by atoms with Crippen molar-refractivity contribution in [2.75, 3.05) is 39.6 Å². The molecule has 0 fully saturated rings. The summed E-state index contributed by atoms with van der Waals surface area (Å²) in [6, 6.07) is 0. The van der Waals surface area contributed by atoms with Gasteiger partial charge in [-0.1, -0.05) is 11.6 Å². The highest BCUT2D eigenvalue weighted by Gasteiger charge is 2.23. The first-order valence-corrected chi connectivity index (χ1v) is 6.41. The molecular weight excluding hydrogens is 286 g/mol. The summed E-state index contributed by atoms with van der Waals surface area (Å²) in [6.45, 7) is 1.56. The Bertz CT molecular complexity index is 470. The molecule has 0 atom stereocenters. The SMILES string of the molecule is COCc1nc(Cl)c([N+](=O)[O-])c(NCCCN(C)C)n1. The van der Waals surface area contributed by atoms with Crippen molar-refractivity contribution in [2.45, 2.75) is 13.0 Å². The second-order valence-electron chi connectivity index (χ2n) is 4.40. The highest BCUT2D eigenvalue weighted by molar-refractivity contribution is 6.31. The van der Waals surface area contributed by atoms with Gasteiger partial charge in [-0.05, 0) is 27.1 Å². The van der Waals surface area contributed by atoms with Crippen molar-refractivity contribution in [1.82, 2.24) is 14.9 Å². The van der Waals surface area contributed by atoms with Gasteiger partial charge in [0.25, 0.3) is 0 Å². The number of nitrogens with zero attached hydrogens (tertiary/aromatic N) is 4. The molecule has 0 spiro atoms. The van der Waals surface area contributed by atoms with Gasteiger partial charge in [-0.15, -0.1) is 0 Å². The van der Waals surface area contributed by atoms with Gasteiger partial charge in [-0.3, -0.25) is 10.1 Å². The zero-order valence-corrected chi connectivity index (χ0v) is 12.5. The summed E-state index contributed by atoms with van der Waals surface area (Å²) in [5, 5.41) is 13.8. The maximum atomic E-state index is 11.0. The van der Waals surface area contributed by atoms with Gasteiger partial charge in [-0.25, -0.2) is 9.97 Å². The number of hydrogen-bond donors (Lipinski definition) is 1. The van der Waals surface area contributed by atoms with E-state index in [1.165, 1.54) is 7.11 Å².